The first-order valence-electron chi connectivity index (χ1n) is 33.4. The minimum atomic E-state index is 0.0760. The van der Waals surface area contributed by atoms with Crippen LogP contribution < -0.4 is 0 Å². The van der Waals surface area contributed by atoms with E-state index in [0.717, 1.165) is 0 Å². The normalized spacial score (nSPS) is 11.4. The van der Waals surface area contributed by atoms with Crippen LogP contribution in [-0.4, -0.2) is 0 Å². The average Bonchev–Trinajstić information content (AvgIpc) is 1.56. The van der Waals surface area contributed by atoms with E-state index in [9.17, 15) is 0 Å². The standard InChI is InChI=1S/C22H20.3C19H16.C17H14/c1-15-8-10-16(11-9-15)17-12-13-19-18-6-4-5-7-20(18)22(2,3)21(19)14-17;1-15-11-13-17(14-12-15)19-10-6-5-9-18(19)16-7-3-2-4-8-16;1-15-10-12-17(13-11-15)19-9-5-8-18(14-19)16-6-3-2-4-7-16;1-15-7-9-17(10-8-15)19-13-11-18(12-14-19)16-5-3-2-4-6-16;1-13-9-11-15(12-10-13)17-8-4-6-14-5-2-3-7-16(14)17/h4-14H,1-3H3;3*2-14H,1H3;2-12H,1H3. The maximum atomic E-state index is 2.38. The van der Waals surface area contributed by atoms with Crippen molar-refractivity contribution >= 4 is 10.8 Å². The van der Waals surface area contributed by atoms with Gasteiger partial charge in [0.05, 0.1) is 0 Å². The monoisotopic (exact) mass is 1230 g/mol. The van der Waals surface area contributed by atoms with E-state index in [4.69, 9.17) is 0 Å². The minimum Gasteiger partial charge on any atom is -0.0622 e. The third-order valence-corrected chi connectivity index (χ3v) is 18.2. The van der Waals surface area contributed by atoms with Crippen molar-refractivity contribution in [2.75, 3.05) is 0 Å². The van der Waals surface area contributed by atoms with Crippen LogP contribution in [0.2, 0.25) is 0 Å². The first-order chi connectivity index (χ1) is 46.9. The molecule has 0 unspecified atom stereocenters. The average molecular weight is 1240 g/mol. The van der Waals surface area contributed by atoms with Crippen molar-refractivity contribution in [3.63, 3.8) is 0 Å². The third kappa shape index (κ3) is 15.8. The number of rotatable bonds is 8. The number of hydrogen-bond acceptors (Lipinski definition) is 0. The van der Waals surface area contributed by atoms with Crippen LogP contribution in [0, 0.1) is 34.6 Å². The van der Waals surface area contributed by atoms with Crippen LogP contribution in [-0.2, 0) is 5.41 Å². The van der Waals surface area contributed by atoms with Crippen molar-refractivity contribution in [2.45, 2.75) is 53.9 Å². The molecule has 0 bridgehead atoms. The molecule has 1 aliphatic rings. The smallest absolute Gasteiger partial charge is 0.0159 e. The van der Waals surface area contributed by atoms with E-state index in [1.807, 2.05) is 12.1 Å². The van der Waals surface area contributed by atoms with Crippen LogP contribution >= 0.6 is 0 Å². The molecule has 16 rings (SSSR count). The molecule has 0 saturated carbocycles. The fourth-order valence-electron chi connectivity index (χ4n) is 12.7. The molecular formula is C96H82. The van der Waals surface area contributed by atoms with Gasteiger partial charge in [-0.05, 0) is 169 Å². The van der Waals surface area contributed by atoms with E-state index in [1.165, 1.54) is 150 Å². The summed E-state index contributed by atoms with van der Waals surface area (Å²) in [4.78, 5) is 0. The van der Waals surface area contributed by atoms with Crippen LogP contribution in [0.3, 0.4) is 0 Å². The van der Waals surface area contributed by atoms with Crippen molar-refractivity contribution in [3.8, 4) is 100 Å². The lowest BCUT2D eigenvalue weighted by atomic mass is 9.81. The first-order valence-corrected chi connectivity index (χ1v) is 33.4. The Bertz CT molecular complexity index is 4960. The predicted octanol–water partition coefficient (Wildman–Crippen LogP) is 26.8. The van der Waals surface area contributed by atoms with Gasteiger partial charge in [0, 0.05) is 5.41 Å². The molecule has 0 spiro atoms. The fraction of sp³-hybridized carbons (Fsp3) is 0.0833. The van der Waals surface area contributed by atoms with E-state index < -0.39 is 0 Å². The topological polar surface area (TPSA) is 0 Å². The van der Waals surface area contributed by atoms with Gasteiger partial charge in [0.2, 0.25) is 0 Å². The molecule has 15 aromatic carbocycles. The van der Waals surface area contributed by atoms with Gasteiger partial charge >= 0.3 is 0 Å². The lowest BCUT2D eigenvalue weighted by Crippen LogP contribution is -2.14. The van der Waals surface area contributed by atoms with Gasteiger partial charge in [0.1, 0.15) is 0 Å². The summed E-state index contributed by atoms with van der Waals surface area (Å²) in [6.45, 7) is 15.3. The number of benzene rings is 15. The van der Waals surface area contributed by atoms with Crippen LogP contribution in [0.4, 0.5) is 0 Å². The summed E-state index contributed by atoms with van der Waals surface area (Å²) in [5.74, 6) is 0. The van der Waals surface area contributed by atoms with E-state index in [1.54, 1.807) is 0 Å². The van der Waals surface area contributed by atoms with Gasteiger partial charge in [-0.25, -0.2) is 0 Å². The Labute approximate surface area is 570 Å². The molecule has 0 heterocycles. The highest BCUT2D eigenvalue weighted by molar-refractivity contribution is 5.96. The Morgan fingerprint density at radius 3 is 0.896 bits per heavy atom. The quantitative estimate of drug-likeness (QED) is 0.142. The molecule has 466 valence electrons. The van der Waals surface area contributed by atoms with Gasteiger partial charge in [-0.2, -0.15) is 0 Å². The summed E-state index contributed by atoms with van der Waals surface area (Å²) in [5, 5.41) is 2.62. The third-order valence-electron chi connectivity index (χ3n) is 18.2. The molecule has 0 aromatic heterocycles. The van der Waals surface area contributed by atoms with Crippen molar-refractivity contribution < 1.29 is 0 Å². The largest absolute Gasteiger partial charge is 0.0622 e. The molecule has 0 heteroatoms. The van der Waals surface area contributed by atoms with Gasteiger partial charge in [-0.15, -0.1) is 0 Å². The molecule has 0 radical (unpaired) electrons. The lowest BCUT2D eigenvalue weighted by Gasteiger charge is -2.22. The highest BCUT2D eigenvalue weighted by Crippen LogP contribution is 2.49. The van der Waals surface area contributed by atoms with Crippen molar-refractivity contribution in [3.05, 3.63) is 409 Å². The molecule has 0 atom stereocenters. The van der Waals surface area contributed by atoms with Crippen molar-refractivity contribution in [2.24, 2.45) is 0 Å². The van der Waals surface area contributed by atoms with Crippen LogP contribution in [0.15, 0.2) is 370 Å². The van der Waals surface area contributed by atoms with E-state index >= 15 is 0 Å². The van der Waals surface area contributed by atoms with Crippen LogP contribution in [0.5, 0.6) is 0 Å². The molecule has 0 saturated heterocycles. The zero-order valence-electron chi connectivity index (χ0n) is 56.2. The maximum Gasteiger partial charge on any atom is 0.0159 e. The van der Waals surface area contributed by atoms with E-state index in [-0.39, 0.29) is 5.41 Å². The maximum absolute atomic E-state index is 2.38. The SMILES string of the molecule is Cc1ccc(-c2ccc(-c3ccccc3)cc2)cc1.Cc1ccc(-c2ccc3c(c2)C(C)(C)c2ccccc2-3)cc1.Cc1ccc(-c2cccc(-c3ccccc3)c2)cc1.Cc1ccc(-c2cccc3ccccc23)cc1.Cc1ccc(-c2ccccc2-c2ccccc2)cc1. The summed E-state index contributed by atoms with van der Waals surface area (Å²) in [6, 6.07) is 132. The van der Waals surface area contributed by atoms with Gasteiger partial charge in [0.15, 0.2) is 0 Å². The molecule has 1 aliphatic carbocycles. The Kier molecular flexibility index (Phi) is 20.6. The summed E-state index contributed by atoms with van der Waals surface area (Å²) >= 11 is 0. The molecule has 0 amide bonds. The lowest BCUT2D eigenvalue weighted by molar-refractivity contribution is 0.660. The van der Waals surface area contributed by atoms with Crippen molar-refractivity contribution in [1.29, 1.82) is 0 Å². The Morgan fingerprint density at radius 2 is 0.427 bits per heavy atom. The molecule has 15 aromatic rings. The number of hydrogen-bond donors (Lipinski definition) is 0. The predicted molar refractivity (Wildman–Crippen MR) is 414 cm³/mol. The summed E-state index contributed by atoms with van der Waals surface area (Å²) in [7, 11) is 0. The highest BCUT2D eigenvalue weighted by Gasteiger charge is 2.35. The second-order valence-corrected chi connectivity index (χ2v) is 25.6. The van der Waals surface area contributed by atoms with Crippen LogP contribution in [0.1, 0.15) is 52.8 Å². The van der Waals surface area contributed by atoms with Gasteiger partial charge in [-0.1, -0.05) is 400 Å². The number of fused-ring (bicyclic) bond motifs is 4. The summed E-state index contributed by atoms with van der Waals surface area (Å²) in [5.41, 5.74) is 32.6. The van der Waals surface area contributed by atoms with Gasteiger partial charge in [-0.3, -0.25) is 0 Å². The van der Waals surface area contributed by atoms with E-state index in [0.29, 0.717) is 0 Å². The second kappa shape index (κ2) is 30.5. The minimum absolute atomic E-state index is 0.0760. The highest BCUT2D eigenvalue weighted by atomic mass is 14.4. The Balaban J connectivity index is 0.000000115. The molecule has 0 aliphatic heterocycles. The van der Waals surface area contributed by atoms with E-state index in [2.05, 4.69) is 406 Å². The zero-order chi connectivity index (χ0) is 66.2. The zero-order valence-corrected chi connectivity index (χ0v) is 56.2. The van der Waals surface area contributed by atoms with Gasteiger partial charge in [0.25, 0.3) is 0 Å². The number of aryl methyl sites for hydroxylation is 5. The Hall–Kier alpha value is -11.4. The molecule has 0 nitrogen and oxygen atoms in total. The molecule has 96 heavy (non-hydrogen) atoms. The molecule has 0 N–H and O–H groups in total. The molecule has 0 fully saturated rings. The van der Waals surface area contributed by atoms with Crippen LogP contribution in [0.25, 0.3) is 111 Å². The fourth-order valence-corrected chi connectivity index (χ4v) is 12.7. The molecular weight excluding hydrogens is 1150 g/mol. The second-order valence-electron chi connectivity index (χ2n) is 25.6. The summed E-state index contributed by atoms with van der Waals surface area (Å²) in [6.07, 6.45) is 0. The van der Waals surface area contributed by atoms with Gasteiger partial charge < -0.3 is 0 Å². The summed E-state index contributed by atoms with van der Waals surface area (Å²) < 4.78 is 0. The van der Waals surface area contributed by atoms with Crippen molar-refractivity contribution in [1.82, 2.24) is 0 Å². The Morgan fingerprint density at radius 1 is 0.167 bits per heavy atom. The first kappa shape index (κ1) is 64.7.